The van der Waals surface area contributed by atoms with Gasteiger partial charge >= 0.3 is 5.97 Å². The minimum atomic E-state index is -0.992. The van der Waals surface area contributed by atoms with Crippen LogP contribution in [0.25, 0.3) is 0 Å². The second-order valence-electron chi connectivity index (χ2n) is 8.87. The Morgan fingerprint density at radius 3 is 2.15 bits per heavy atom. The molecule has 0 spiro atoms. The summed E-state index contributed by atoms with van der Waals surface area (Å²) in [5.41, 5.74) is 0. The summed E-state index contributed by atoms with van der Waals surface area (Å²) in [5.74, 6) is -0.634. The van der Waals surface area contributed by atoms with E-state index in [4.69, 9.17) is 5.11 Å². The monoisotopic (exact) mass is 462 g/mol. The summed E-state index contributed by atoms with van der Waals surface area (Å²) >= 11 is 0. The third-order valence-corrected chi connectivity index (χ3v) is 5.82. The van der Waals surface area contributed by atoms with Crippen molar-refractivity contribution in [1.29, 1.82) is 0 Å². The average molecular weight is 463 g/mol. The van der Waals surface area contributed by atoms with Crippen molar-refractivity contribution in [2.24, 2.45) is 11.8 Å². The summed E-state index contributed by atoms with van der Waals surface area (Å²) in [6.07, 6.45) is 22.8. The molecule has 0 aliphatic carbocycles. The van der Waals surface area contributed by atoms with Crippen LogP contribution in [0.3, 0.4) is 0 Å². The molecule has 0 aliphatic rings. The van der Waals surface area contributed by atoms with E-state index in [2.05, 4.69) is 19.6 Å². The van der Waals surface area contributed by atoms with Gasteiger partial charge in [-0.1, -0.05) is 88.3 Å². The predicted octanol–water partition coefficient (Wildman–Crippen LogP) is 5.74. The van der Waals surface area contributed by atoms with Crippen LogP contribution >= 0.6 is 0 Å². The van der Waals surface area contributed by atoms with Crippen molar-refractivity contribution in [3.8, 4) is 0 Å². The lowest BCUT2D eigenvalue weighted by Gasteiger charge is -2.19. The quantitative estimate of drug-likeness (QED) is 0.0801. The number of carboxylic acid groups (broad SMARTS) is 1. The van der Waals surface area contributed by atoms with Crippen molar-refractivity contribution in [2.45, 2.75) is 96.4 Å². The fourth-order valence-corrected chi connectivity index (χ4v) is 3.47. The molecule has 3 unspecified atom stereocenters. The van der Waals surface area contributed by atoms with Gasteiger partial charge in [0.2, 0.25) is 0 Å². The van der Waals surface area contributed by atoms with Gasteiger partial charge in [0, 0.05) is 6.08 Å². The first-order valence-electron chi connectivity index (χ1n) is 12.3. The molecular weight excluding hydrogens is 416 g/mol. The van der Waals surface area contributed by atoms with E-state index in [-0.39, 0.29) is 18.1 Å². The molecule has 0 saturated heterocycles. The lowest BCUT2D eigenvalue weighted by molar-refractivity contribution is -0.131. The van der Waals surface area contributed by atoms with Gasteiger partial charge in [-0.15, -0.1) is 0 Å². The largest absolute Gasteiger partial charge is 0.478 e. The third kappa shape index (κ3) is 19.2. The molecule has 0 bridgehead atoms. The van der Waals surface area contributed by atoms with Gasteiger partial charge < -0.3 is 20.4 Å². The number of aliphatic hydroxyl groups excluding tert-OH is 3. The highest BCUT2D eigenvalue weighted by Crippen LogP contribution is 2.19. The van der Waals surface area contributed by atoms with Gasteiger partial charge in [0.25, 0.3) is 0 Å². The highest BCUT2D eigenvalue weighted by atomic mass is 16.4. The molecule has 0 rings (SSSR count). The van der Waals surface area contributed by atoms with Gasteiger partial charge in [-0.05, 0) is 56.8 Å². The number of allylic oxidation sites excluding steroid dienone is 6. The Balaban J connectivity index is 3.90. The van der Waals surface area contributed by atoms with Crippen molar-refractivity contribution in [3.05, 3.63) is 61.3 Å². The number of hydrogen-bond donors (Lipinski definition) is 4. The highest BCUT2D eigenvalue weighted by Gasteiger charge is 2.14. The van der Waals surface area contributed by atoms with Crippen molar-refractivity contribution < 1.29 is 25.2 Å². The van der Waals surface area contributed by atoms with Crippen LogP contribution in [0.15, 0.2) is 61.3 Å². The van der Waals surface area contributed by atoms with E-state index in [0.717, 1.165) is 57.4 Å². The normalized spacial score (nSPS) is 17.1. The van der Waals surface area contributed by atoms with Crippen LogP contribution in [0.1, 0.15) is 78.1 Å². The van der Waals surface area contributed by atoms with E-state index in [1.165, 1.54) is 6.08 Å². The Hall–Kier alpha value is -1.95. The lowest BCUT2D eigenvalue weighted by atomic mass is 9.93. The van der Waals surface area contributed by atoms with Crippen LogP contribution in [0.4, 0.5) is 0 Å². The van der Waals surface area contributed by atoms with E-state index in [1.807, 2.05) is 25.2 Å². The van der Waals surface area contributed by atoms with Crippen LogP contribution < -0.4 is 0 Å². The molecule has 0 amide bonds. The molecule has 0 aromatic heterocycles. The SMILES string of the molecule is C=C/C=C\CCC(C)[C@H](O)CCCCCC(O)C(C)/C=C\CC[C@H](O)C/C=C/C=C\C(=O)O. The number of aliphatic carboxylic acids is 1. The van der Waals surface area contributed by atoms with Gasteiger partial charge in [-0.2, -0.15) is 0 Å². The van der Waals surface area contributed by atoms with Crippen LogP contribution in [0, 0.1) is 11.8 Å². The second-order valence-corrected chi connectivity index (χ2v) is 8.87. The zero-order valence-electron chi connectivity index (χ0n) is 20.6. The molecule has 0 heterocycles. The molecule has 0 radical (unpaired) electrons. The zero-order chi connectivity index (χ0) is 24.9. The first-order chi connectivity index (χ1) is 15.8. The molecule has 0 aromatic rings. The van der Waals surface area contributed by atoms with Crippen LogP contribution in [0.5, 0.6) is 0 Å². The Morgan fingerprint density at radius 2 is 1.48 bits per heavy atom. The lowest BCUT2D eigenvalue weighted by Crippen LogP contribution is -2.17. The zero-order valence-corrected chi connectivity index (χ0v) is 20.6. The maximum Gasteiger partial charge on any atom is 0.328 e. The molecule has 4 N–H and O–H groups in total. The molecule has 5 heteroatoms. The van der Waals surface area contributed by atoms with Crippen molar-refractivity contribution >= 4 is 5.97 Å². The maximum absolute atomic E-state index is 10.3. The smallest absolute Gasteiger partial charge is 0.328 e. The molecule has 0 aromatic carbocycles. The van der Waals surface area contributed by atoms with Crippen molar-refractivity contribution in [1.82, 2.24) is 0 Å². The second kappa shape index (κ2) is 20.6. The van der Waals surface area contributed by atoms with Crippen molar-refractivity contribution in [2.75, 3.05) is 0 Å². The molecule has 0 aliphatic heterocycles. The first kappa shape index (κ1) is 31.0. The van der Waals surface area contributed by atoms with Gasteiger partial charge in [-0.3, -0.25) is 0 Å². The van der Waals surface area contributed by atoms with Gasteiger partial charge in [0.15, 0.2) is 0 Å². The molecule has 0 saturated carbocycles. The Kier molecular flexibility index (Phi) is 19.4. The predicted molar refractivity (Wildman–Crippen MR) is 137 cm³/mol. The summed E-state index contributed by atoms with van der Waals surface area (Å²) in [7, 11) is 0. The molecular formula is C28H46O5. The summed E-state index contributed by atoms with van der Waals surface area (Å²) < 4.78 is 0. The van der Waals surface area contributed by atoms with E-state index >= 15 is 0 Å². The fraction of sp³-hybridized carbons (Fsp3) is 0.607. The standard InChI is InChI=1S/C28H46O5/c1-4-5-6-9-16-23(2)26(30)20-11-8-12-21-27(31)24(3)17-14-15-19-25(29)18-10-7-13-22-28(32)33/h4-7,10,13-14,17,22-27,29-31H,1,8-9,11-12,15-16,18-21H2,2-3H3,(H,32,33)/b6-5-,10-7+,17-14-,22-13-/t23?,24?,25-,26-,27?/m1/s1. The van der Waals surface area contributed by atoms with E-state index in [9.17, 15) is 20.1 Å². The number of carbonyl (C=O) groups is 1. The van der Waals surface area contributed by atoms with Crippen LogP contribution in [-0.2, 0) is 4.79 Å². The summed E-state index contributed by atoms with van der Waals surface area (Å²) in [5, 5.41) is 39.0. The van der Waals surface area contributed by atoms with Gasteiger partial charge in [0.1, 0.15) is 0 Å². The van der Waals surface area contributed by atoms with E-state index < -0.39 is 12.1 Å². The minimum Gasteiger partial charge on any atom is -0.478 e. The van der Waals surface area contributed by atoms with E-state index in [0.29, 0.717) is 18.8 Å². The Bertz CT molecular complexity index is 620. The summed E-state index contributed by atoms with van der Waals surface area (Å²) in [6, 6.07) is 0. The van der Waals surface area contributed by atoms with Crippen LogP contribution in [0.2, 0.25) is 0 Å². The van der Waals surface area contributed by atoms with E-state index in [1.54, 1.807) is 18.2 Å². The summed E-state index contributed by atoms with van der Waals surface area (Å²) in [4.78, 5) is 10.3. The maximum atomic E-state index is 10.3. The Morgan fingerprint density at radius 1 is 0.818 bits per heavy atom. The fourth-order valence-electron chi connectivity index (χ4n) is 3.47. The molecule has 0 fully saturated rings. The highest BCUT2D eigenvalue weighted by molar-refractivity contribution is 5.80. The van der Waals surface area contributed by atoms with Crippen molar-refractivity contribution in [3.63, 3.8) is 0 Å². The average Bonchev–Trinajstić information content (AvgIpc) is 2.78. The van der Waals surface area contributed by atoms with Gasteiger partial charge in [0.05, 0.1) is 18.3 Å². The topological polar surface area (TPSA) is 98.0 Å². The molecule has 5 nitrogen and oxygen atoms in total. The number of rotatable bonds is 20. The minimum absolute atomic E-state index is 0.0671. The third-order valence-electron chi connectivity index (χ3n) is 5.82. The van der Waals surface area contributed by atoms with Crippen LogP contribution in [-0.4, -0.2) is 44.7 Å². The number of unbranched alkanes of at least 4 members (excludes halogenated alkanes) is 2. The number of aliphatic hydroxyl groups is 3. The molecule has 33 heavy (non-hydrogen) atoms. The number of hydrogen-bond acceptors (Lipinski definition) is 4. The summed E-state index contributed by atoms with van der Waals surface area (Å²) in [6.45, 7) is 7.75. The Labute approximate surface area is 200 Å². The first-order valence-corrected chi connectivity index (χ1v) is 12.3. The molecule has 188 valence electrons. The molecule has 5 atom stereocenters. The van der Waals surface area contributed by atoms with Gasteiger partial charge in [-0.25, -0.2) is 4.79 Å². The number of carboxylic acids is 1.